The summed E-state index contributed by atoms with van der Waals surface area (Å²) >= 11 is 0. The predicted octanol–water partition coefficient (Wildman–Crippen LogP) is 11.8. The average molecular weight is 643 g/mol. The number of hydrogen-bond donors (Lipinski definition) is 0. The summed E-state index contributed by atoms with van der Waals surface area (Å²) in [5.41, 5.74) is 1.85. The molecule has 0 spiro atoms. The van der Waals surface area contributed by atoms with E-state index in [9.17, 15) is 17.6 Å². The lowest BCUT2D eigenvalue weighted by atomic mass is 9.75. The van der Waals surface area contributed by atoms with Gasteiger partial charge in [0.15, 0.2) is 34.8 Å². The number of ether oxygens (including phenoxy) is 1. The lowest BCUT2D eigenvalue weighted by molar-refractivity contribution is 0.303. The Morgan fingerprint density at radius 1 is 0.587 bits per heavy atom. The number of benzene rings is 3. The topological polar surface area (TPSA) is 9.23 Å². The highest BCUT2D eigenvalue weighted by atomic mass is 19.2. The molecule has 0 aliphatic heterocycles. The molecule has 2 aliphatic rings. The summed E-state index contributed by atoms with van der Waals surface area (Å²) in [4.78, 5) is 0. The molecular weight excluding hydrogens is 598 g/mol. The molecule has 3 aromatic carbocycles. The molecule has 46 heavy (non-hydrogen) atoms. The third kappa shape index (κ3) is 7.50. The molecule has 248 valence electrons. The SMILES string of the molecule is CC=CCCc1ccc(C2CCC(CCc3ccc(C4CCC(c5ccc(OCC)c(F)c5F)CC4)c(F)c3F)CC2)c(F)c1F. The van der Waals surface area contributed by atoms with Crippen LogP contribution in [0.15, 0.2) is 48.6 Å². The fourth-order valence-electron chi connectivity index (χ4n) is 7.60. The van der Waals surface area contributed by atoms with Crippen molar-refractivity contribution in [2.45, 2.75) is 109 Å². The van der Waals surface area contributed by atoms with Crippen LogP contribution in [0.25, 0.3) is 0 Å². The molecule has 0 radical (unpaired) electrons. The van der Waals surface area contributed by atoms with E-state index in [1.807, 2.05) is 19.1 Å². The van der Waals surface area contributed by atoms with Gasteiger partial charge in [-0.25, -0.2) is 22.0 Å². The second-order valence-electron chi connectivity index (χ2n) is 13.0. The van der Waals surface area contributed by atoms with Gasteiger partial charge in [0.1, 0.15) is 0 Å². The van der Waals surface area contributed by atoms with Gasteiger partial charge in [-0.05, 0) is 148 Å². The van der Waals surface area contributed by atoms with Crippen LogP contribution in [0, 0.1) is 40.8 Å². The largest absolute Gasteiger partial charge is 0.491 e. The van der Waals surface area contributed by atoms with Crippen LogP contribution in [-0.4, -0.2) is 6.61 Å². The number of rotatable bonds is 11. The lowest BCUT2D eigenvalue weighted by Gasteiger charge is -2.30. The zero-order valence-corrected chi connectivity index (χ0v) is 26.8. The highest BCUT2D eigenvalue weighted by molar-refractivity contribution is 5.35. The Labute approximate surface area is 269 Å². The van der Waals surface area contributed by atoms with E-state index >= 15 is 8.78 Å². The molecule has 7 heteroatoms. The molecule has 0 atom stereocenters. The first-order valence-corrected chi connectivity index (χ1v) is 16.9. The third-order valence-electron chi connectivity index (χ3n) is 10.3. The predicted molar refractivity (Wildman–Crippen MR) is 170 cm³/mol. The van der Waals surface area contributed by atoms with Gasteiger partial charge >= 0.3 is 0 Å². The zero-order valence-electron chi connectivity index (χ0n) is 26.8. The maximum absolute atomic E-state index is 15.3. The first-order valence-electron chi connectivity index (χ1n) is 16.9. The van der Waals surface area contributed by atoms with Crippen LogP contribution in [0.3, 0.4) is 0 Å². The first kappa shape index (κ1) is 34.1. The molecule has 1 nitrogen and oxygen atoms in total. The van der Waals surface area contributed by atoms with Crippen LogP contribution in [0.4, 0.5) is 26.3 Å². The molecule has 2 saturated carbocycles. The Balaban J connectivity index is 1.13. The van der Waals surface area contributed by atoms with E-state index in [2.05, 4.69) is 0 Å². The normalized spacial score (nSPS) is 22.0. The van der Waals surface area contributed by atoms with Crippen molar-refractivity contribution in [3.8, 4) is 5.75 Å². The lowest BCUT2D eigenvalue weighted by Crippen LogP contribution is -2.17. The third-order valence-corrected chi connectivity index (χ3v) is 10.3. The Morgan fingerprint density at radius 3 is 1.54 bits per heavy atom. The van der Waals surface area contributed by atoms with E-state index in [-0.39, 0.29) is 30.1 Å². The molecular formula is C39H44F6O. The van der Waals surface area contributed by atoms with Gasteiger partial charge < -0.3 is 4.74 Å². The van der Waals surface area contributed by atoms with Crippen LogP contribution < -0.4 is 4.74 Å². The van der Waals surface area contributed by atoms with Crippen LogP contribution >= 0.6 is 0 Å². The van der Waals surface area contributed by atoms with E-state index in [0.29, 0.717) is 85.1 Å². The summed E-state index contributed by atoms with van der Waals surface area (Å²) in [5.74, 6) is -5.16. The van der Waals surface area contributed by atoms with Crippen LogP contribution in [0.2, 0.25) is 0 Å². The molecule has 0 aromatic heterocycles. The van der Waals surface area contributed by atoms with Crippen molar-refractivity contribution in [3.05, 3.63) is 111 Å². The molecule has 0 N–H and O–H groups in total. The maximum Gasteiger partial charge on any atom is 0.200 e. The van der Waals surface area contributed by atoms with Gasteiger partial charge in [-0.3, -0.25) is 0 Å². The number of hydrogen-bond acceptors (Lipinski definition) is 1. The van der Waals surface area contributed by atoms with Crippen molar-refractivity contribution in [1.82, 2.24) is 0 Å². The van der Waals surface area contributed by atoms with Crippen LogP contribution in [0.5, 0.6) is 5.75 Å². The van der Waals surface area contributed by atoms with Crippen molar-refractivity contribution in [2.24, 2.45) is 5.92 Å². The van der Waals surface area contributed by atoms with E-state index in [4.69, 9.17) is 4.74 Å². The van der Waals surface area contributed by atoms with Gasteiger partial charge in [-0.2, -0.15) is 4.39 Å². The fourth-order valence-corrected chi connectivity index (χ4v) is 7.60. The zero-order chi connectivity index (χ0) is 32.8. The molecule has 0 heterocycles. The highest BCUT2D eigenvalue weighted by Crippen LogP contribution is 2.44. The summed E-state index contributed by atoms with van der Waals surface area (Å²) in [7, 11) is 0. The molecule has 0 saturated heterocycles. The Hall–Kier alpha value is -3.22. The van der Waals surface area contributed by atoms with Gasteiger partial charge in [0.25, 0.3) is 0 Å². The fraction of sp³-hybridized carbons (Fsp3) is 0.487. The summed E-state index contributed by atoms with van der Waals surface area (Å²) in [6.45, 7) is 3.84. The molecule has 0 amide bonds. The summed E-state index contributed by atoms with van der Waals surface area (Å²) in [5, 5.41) is 0. The second kappa shape index (κ2) is 15.6. The Kier molecular flexibility index (Phi) is 11.6. The monoisotopic (exact) mass is 642 g/mol. The summed E-state index contributed by atoms with van der Waals surface area (Å²) in [6, 6.07) is 9.83. The molecule has 2 fully saturated rings. The number of halogens is 6. The second-order valence-corrected chi connectivity index (χ2v) is 13.0. The minimum Gasteiger partial charge on any atom is -0.491 e. The van der Waals surface area contributed by atoms with Gasteiger partial charge in [0, 0.05) is 0 Å². The number of allylic oxidation sites excluding steroid dienone is 2. The van der Waals surface area contributed by atoms with Gasteiger partial charge in [-0.1, -0.05) is 42.5 Å². The van der Waals surface area contributed by atoms with Crippen LogP contribution in [0.1, 0.15) is 124 Å². The van der Waals surface area contributed by atoms with Gasteiger partial charge in [-0.15, -0.1) is 0 Å². The molecule has 5 rings (SSSR count). The van der Waals surface area contributed by atoms with Crippen molar-refractivity contribution in [2.75, 3.05) is 6.61 Å². The van der Waals surface area contributed by atoms with Gasteiger partial charge in [0.05, 0.1) is 6.61 Å². The van der Waals surface area contributed by atoms with E-state index in [1.54, 1.807) is 37.3 Å². The van der Waals surface area contributed by atoms with Gasteiger partial charge in [0.2, 0.25) is 5.82 Å². The quantitative estimate of drug-likeness (QED) is 0.149. The average Bonchev–Trinajstić information content (AvgIpc) is 3.07. The molecule has 2 aliphatic carbocycles. The van der Waals surface area contributed by atoms with Crippen molar-refractivity contribution in [3.63, 3.8) is 0 Å². The molecule has 0 bridgehead atoms. The maximum atomic E-state index is 15.3. The van der Waals surface area contributed by atoms with E-state index in [1.165, 1.54) is 6.07 Å². The smallest absolute Gasteiger partial charge is 0.200 e. The van der Waals surface area contributed by atoms with Crippen molar-refractivity contribution in [1.29, 1.82) is 0 Å². The summed E-state index contributed by atoms with van der Waals surface area (Å²) in [6.07, 6.45) is 11.5. The highest BCUT2D eigenvalue weighted by Gasteiger charge is 2.30. The standard InChI is InChI=1S/C39H44F6O/c1-3-5-6-7-28-18-20-30(36(42)34(28)40)25-11-8-24(9-12-25)10-13-29-19-21-31(37(43)35(29)41)26-14-16-27(17-15-26)32-22-23-33(46-4-2)39(45)38(32)44/h3,5,18-27H,4,6-17H2,1-2H3. The van der Waals surface area contributed by atoms with Crippen LogP contribution in [-0.2, 0) is 12.8 Å². The van der Waals surface area contributed by atoms with E-state index in [0.717, 1.165) is 25.7 Å². The Morgan fingerprint density at radius 2 is 1.04 bits per heavy atom. The minimum atomic E-state index is -0.983. The molecule has 0 unspecified atom stereocenters. The number of aryl methyl sites for hydroxylation is 2. The first-order chi connectivity index (χ1) is 22.2. The Bertz CT molecular complexity index is 1520. The molecule has 3 aromatic rings. The van der Waals surface area contributed by atoms with E-state index < -0.39 is 34.9 Å². The minimum absolute atomic E-state index is 0.0381. The van der Waals surface area contributed by atoms with Crippen molar-refractivity contribution >= 4 is 0 Å². The summed E-state index contributed by atoms with van der Waals surface area (Å²) < 4.78 is 94.5. The van der Waals surface area contributed by atoms with Crippen molar-refractivity contribution < 1.29 is 31.1 Å².